The van der Waals surface area contributed by atoms with E-state index in [1.807, 2.05) is 214 Å². The van der Waals surface area contributed by atoms with Gasteiger partial charge in [0.2, 0.25) is 0 Å². The monoisotopic (exact) mass is 2190 g/mol. The fraction of sp³-hybridized carbons (Fsp3) is 0.417. The number of hydrogen-bond donors (Lipinski definition) is 9. The Bertz CT molecular complexity index is 6460. The average Bonchev–Trinajstić information content (AvgIpc) is 1.68. The maximum absolute atomic E-state index is 12.3. The average molecular weight is 2190 g/mol. The number of nitrogens with zero attached hydrogens (tertiary/aromatic N) is 7. The maximum atomic E-state index is 12.3. The number of aromatic amines is 5. The molecule has 18 rings (SSSR count). The number of H-pyrrole nitrogens is 5. The third-order valence-electron chi connectivity index (χ3n) is 24.2. The maximum Gasteiger partial charge on any atom is 0.410 e. The van der Waals surface area contributed by atoms with Crippen LogP contribution in [0.25, 0.3) is 60.1 Å². The predicted molar refractivity (Wildman–Crippen MR) is 598 cm³/mol. The molecule has 5 aliphatic rings. The number of Topliss-reactive ketones (excluding diaryl/α,β-unsaturated/α-hetero) is 1. The van der Waals surface area contributed by atoms with E-state index in [0.717, 1.165) is 159 Å². The number of aromatic nitrogens is 5. The van der Waals surface area contributed by atoms with Gasteiger partial charge in [0.05, 0.1) is 26.1 Å². The van der Waals surface area contributed by atoms with Gasteiger partial charge >= 0.3 is 30.5 Å². The molecule has 37 heteroatoms. The van der Waals surface area contributed by atoms with E-state index in [4.69, 9.17) is 45.6 Å². The molecule has 0 radical (unpaired) electrons. The van der Waals surface area contributed by atoms with Gasteiger partial charge in [-0.25, -0.2) is 24.0 Å². The van der Waals surface area contributed by atoms with Gasteiger partial charge in [-0.1, -0.05) is 36.4 Å². The molecule has 776 valence electrons. The molecule has 145 heavy (non-hydrogen) atoms. The van der Waals surface area contributed by atoms with Gasteiger partial charge in [0.25, 0.3) is 11.4 Å². The van der Waals surface area contributed by atoms with Crippen LogP contribution in [-0.4, -0.2) is 212 Å². The number of halogens is 2. The van der Waals surface area contributed by atoms with Crippen LogP contribution in [0.2, 0.25) is 0 Å². The number of ketones is 1. The normalized spacial score (nSPS) is 14.9. The van der Waals surface area contributed by atoms with Crippen molar-refractivity contribution in [2.24, 2.45) is 0 Å². The predicted octanol–water partition coefficient (Wildman–Crippen LogP) is 27.0. The number of thiophene rings is 3. The lowest BCUT2D eigenvalue weighted by Gasteiger charge is -2.33. The number of benzene rings is 5. The summed E-state index contributed by atoms with van der Waals surface area (Å²) < 4.78 is 27.1. The molecule has 13 heterocycles. The number of carbonyl (C=O) groups is 6. The highest BCUT2D eigenvalue weighted by atomic mass is 127. The number of carbonyl (C=O) groups excluding carboxylic acids is 6. The Kier molecular flexibility index (Phi) is 40.4. The van der Waals surface area contributed by atoms with Crippen molar-refractivity contribution in [1.29, 1.82) is 16.2 Å². The number of nitrogens with one attached hydrogen (secondary N) is 8. The van der Waals surface area contributed by atoms with Crippen molar-refractivity contribution in [3.63, 3.8) is 0 Å². The molecule has 0 saturated carbocycles. The van der Waals surface area contributed by atoms with Gasteiger partial charge in [-0.15, -0.1) is 82.2 Å². The summed E-state index contributed by atoms with van der Waals surface area (Å²) in [7, 11) is 0. The number of nitrogens with two attached hydrogens (primary N) is 1. The third-order valence-corrected chi connectivity index (χ3v) is 27.7. The molecule has 4 fully saturated rings. The minimum atomic E-state index is -0.517. The number of nitrogen functional groups attached to an aromatic ring is 1. The molecule has 13 aromatic rings. The van der Waals surface area contributed by atoms with E-state index in [0.29, 0.717) is 92.5 Å². The first-order chi connectivity index (χ1) is 67.7. The molecule has 5 aromatic carbocycles. The molecule has 0 spiro atoms. The summed E-state index contributed by atoms with van der Waals surface area (Å²) >= 11 is 6.31. The van der Waals surface area contributed by atoms with E-state index in [1.54, 1.807) is 74.3 Å². The molecule has 8 aromatic heterocycles. The van der Waals surface area contributed by atoms with Gasteiger partial charge in [0.15, 0.2) is 0 Å². The summed E-state index contributed by atoms with van der Waals surface area (Å²) in [6.45, 7) is 34.5. The lowest BCUT2D eigenvalue weighted by atomic mass is 9.89. The highest BCUT2D eigenvalue weighted by Crippen LogP contribution is 2.40. The Labute approximate surface area is 885 Å². The van der Waals surface area contributed by atoms with Gasteiger partial charge in [0, 0.05) is 222 Å². The van der Waals surface area contributed by atoms with Crippen molar-refractivity contribution in [1.82, 2.24) is 49.4 Å². The first-order valence-electron chi connectivity index (χ1n) is 48.2. The standard InChI is InChI=1S/2C24H29N3O2S.C18H21N3O4.C18H25N3O2.C10H17NO3.C8H6N2O2.C6H7NS2.ClH.HI/c2*1-24(2,3)29-23(28)27-10-8-17(9-11-27)19-15-26-21-7-6-16(13-18(19)21)14-20(25)22-5-4-12-30-22;1-18(2,3)25-17(22)20-8-6-12(7-9-20)15-11-19-16-5-4-13(21(23)24)10-14(15)16;1-18(2,3)23-17(22)21-8-6-12(7-9-21)15-11-20-16-5-4-13(19)10-14(15)16;1-10(2,3)14-9(13)11-6-4-8(12)5-7-11;11-10(12)7-1-2-8-6(5-7)3-4-9-8;1-8-6(7)5-3-2-4-9-5;;/h2*4-7,12-13,15,17,25-26H,8-11,14H2,1-3H3;4-6,10-11,19H,7-9H2,1-3H3;4-5,10-12,20H,6-9,19H2,1-3H3;4-7H2,1-3H3;1-5,9H;2-4,7H,1H3;2*1H. The molecule has 5 amide bonds. The Morgan fingerprint density at radius 2 is 0.772 bits per heavy atom. The number of piperidine rings is 4. The summed E-state index contributed by atoms with van der Waals surface area (Å²) in [5.41, 5.74) is 19.3. The van der Waals surface area contributed by atoms with Gasteiger partial charge in [-0.2, -0.15) is 0 Å². The van der Waals surface area contributed by atoms with Gasteiger partial charge in [-0.3, -0.25) is 30.4 Å². The molecule has 0 aliphatic carbocycles. The van der Waals surface area contributed by atoms with Crippen LogP contribution in [-0.2, 0) is 41.3 Å². The van der Waals surface area contributed by atoms with Gasteiger partial charge in [-0.05, 0) is 301 Å². The van der Waals surface area contributed by atoms with E-state index in [9.17, 15) is 49.0 Å². The molecule has 0 bridgehead atoms. The van der Waals surface area contributed by atoms with Crippen LogP contribution in [0.1, 0.15) is 227 Å². The number of amides is 5. The summed E-state index contributed by atoms with van der Waals surface area (Å²) in [4.78, 5) is 120. The van der Waals surface area contributed by atoms with E-state index in [-0.39, 0.29) is 84.0 Å². The van der Waals surface area contributed by atoms with E-state index in [2.05, 4.69) is 79.9 Å². The minimum absolute atomic E-state index is 0. The smallest absolute Gasteiger partial charge is 0.410 e. The van der Waals surface area contributed by atoms with E-state index >= 15 is 0 Å². The SMILES string of the molecule is CC(C)(C)OC(=O)N1CC=C(c2c[nH]c3ccc([N+](=O)[O-])cc23)CC1.CC(C)(C)OC(=O)N1CCC(=O)CC1.CC(C)(C)OC(=O)N1CCC(c2c[nH]c3ccc(CC(=N)c4cccs4)cc23)CC1.CC(C)(C)OC(=O)N1CCC(c2c[nH]c3ccc(CC(=N)c4cccs4)cc23)CC1.CC(C)(C)OC(=O)N1CCC(c2c[nH]c3ccc(N)cc23)CC1.CSC(=N)c1cccs1.Cl.I.O=[N+]([O-])c1ccc2[nH]ccc2c1. The fourth-order valence-electron chi connectivity index (χ4n) is 17.2. The van der Waals surface area contributed by atoms with E-state index in [1.165, 1.54) is 56.7 Å². The van der Waals surface area contributed by atoms with Crippen LogP contribution in [0.4, 0.5) is 41.0 Å². The number of fused-ring (bicyclic) bond motifs is 5. The summed E-state index contributed by atoms with van der Waals surface area (Å²) in [5.74, 6) is 1.52. The lowest BCUT2D eigenvalue weighted by molar-refractivity contribution is -0.384. The zero-order chi connectivity index (χ0) is 103. The zero-order valence-corrected chi connectivity index (χ0v) is 91.7. The van der Waals surface area contributed by atoms with Gasteiger partial charge in [0.1, 0.15) is 38.8 Å². The second kappa shape index (κ2) is 51.1. The molecular formula is C108H136ClIN16O15S4. The summed E-state index contributed by atoms with van der Waals surface area (Å²) in [6, 6.07) is 42.1. The quantitative estimate of drug-likeness (QED) is 0.00984. The van der Waals surface area contributed by atoms with E-state index < -0.39 is 37.9 Å². The van der Waals surface area contributed by atoms with Gasteiger partial charge < -0.3 is 89.7 Å². The first kappa shape index (κ1) is 115. The van der Waals surface area contributed by atoms with Crippen molar-refractivity contribution >= 4 is 212 Å². The Hall–Kier alpha value is -12.4. The third kappa shape index (κ3) is 33.6. The van der Waals surface area contributed by atoms with Crippen molar-refractivity contribution in [2.45, 2.75) is 220 Å². The number of likely N-dealkylation sites (tertiary alicyclic amines) is 4. The minimum Gasteiger partial charge on any atom is -0.444 e. The molecule has 0 unspecified atom stereocenters. The topological polar surface area (TPSA) is 428 Å². The highest BCUT2D eigenvalue weighted by Gasteiger charge is 2.35. The summed E-state index contributed by atoms with van der Waals surface area (Å²) in [5, 5.41) is 57.5. The molecule has 10 N–H and O–H groups in total. The number of thioether (sulfide) groups is 1. The number of anilines is 1. The highest BCUT2D eigenvalue weighted by molar-refractivity contribution is 14.0. The lowest BCUT2D eigenvalue weighted by Crippen LogP contribution is -2.41. The Morgan fingerprint density at radius 1 is 0.428 bits per heavy atom. The van der Waals surface area contributed by atoms with Crippen LogP contribution in [0, 0.1) is 36.5 Å². The molecule has 4 saturated heterocycles. The van der Waals surface area contributed by atoms with Crippen molar-refractivity contribution in [3.05, 3.63) is 255 Å². The number of rotatable bonds is 13. The summed E-state index contributed by atoms with van der Waals surface area (Å²) in [6.07, 6.45) is 21.0. The fourth-order valence-corrected chi connectivity index (χ4v) is 19.8. The second-order valence-electron chi connectivity index (χ2n) is 40.9. The van der Waals surface area contributed by atoms with Crippen molar-refractivity contribution < 1.29 is 62.3 Å². The zero-order valence-electron chi connectivity index (χ0n) is 85.3. The largest absolute Gasteiger partial charge is 0.444 e. The first-order valence-corrected chi connectivity index (χ1v) is 52.1. The Balaban J connectivity index is 0.000000178. The second-order valence-corrected chi connectivity index (χ2v) is 44.6. The molecular weight excluding hydrogens is 2050 g/mol. The number of nitro benzene ring substituents is 2. The Morgan fingerprint density at radius 3 is 1.14 bits per heavy atom. The van der Waals surface area contributed by atoms with Crippen LogP contribution in [0.15, 0.2) is 187 Å². The number of hydrogen-bond acceptors (Lipinski definition) is 23. The van der Waals surface area contributed by atoms with Crippen molar-refractivity contribution in [2.75, 3.05) is 77.4 Å². The number of nitro groups is 2. The molecule has 0 atom stereocenters. The van der Waals surface area contributed by atoms with Crippen LogP contribution < -0.4 is 5.73 Å². The van der Waals surface area contributed by atoms with Crippen LogP contribution in [0.3, 0.4) is 0 Å². The van der Waals surface area contributed by atoms with Crippen LogP contribution >= 0.6 is 82.2 Å². The van der Waals surface area contributed by atoms with Crippen molar-refractivity contribution in [3.8, 4) is 0 Å². The number of non-ortho nitro benzene ring substituents is 2. The number of ether oxygens (including phenoxy) is 5. The van der Waals surface area contributed by atoms with Crippen LogP contribution in [0.5, 0.6) is 0 Å². The molecule has 31 nitrogen and oxygen atoms in total. The molecule has 5 aliphatic heterocycles.